The monoisotopic (exact) mass is 356 g/mol. The number of carboxylic acid groups (broad SMARTS) is 1. The number of benzene rings is 2. The molecule has 25 heavy (non-hydrogen) atoms. The summed E-state index contributed by atoms with van der Waals surface area (Å²) in [5.74, 6) is 0.423. The van der Waals surface area contributed by atoms with E-state index in [9.17, 15) is 9.90 Å². The number of hydrogen-bond donors (Lipinski definition) is 1. The number of carbonyl (C=O) groups is 1. The van der Waals surface area contributed by atoms with Crippen molar-refractivity contribution in [2.24, 2.45) is 0 Å². The molecule has 1 N–H and O–H groups in total. The van der Waals surface area contributed by atoms with Gasteiger partial charge in [0.05, 0.1) is 19.2 Å². The Bertz CT molecular complexity index is 874. The number of hydrogen-bond acceptors (Lipinski definition) is 3. The zero-order valence-corrected chi connectivity index (χ0v) is 14.4. The number of rotatable bonds is 6. The van der Waals surface area contributed by atoms with Crippen LogP contribution in [-0.2, 0) is 17.8 Å². The maximum atomic E-state index is 11.2. The van der Waals surface area contributed by atoms with Crippen LogP contribution in [0.1, 0.15) is 11.3 Å². The Hall–Kier alpha value is -2.79. The summed E-state index contributed by atoms with van der Waals surface area (Å²) in [5, 5.41) is 9.43. The number of aliphatic carboxylic acids is 1. The molecule has 128 valence electrons. The van der Waals surface area contributed by atoms with Crippen molar-refractivity contribution in [3.63, 3.8) is 0 Å². The summed E-state index contributed by atoms with van der Waals surface area (Å²) in [6.07, 6.45) is -0.186. The van der Waals surface area contributed by atoms with E-state index in [2.05, 4.69) is 4.98 Å². The fraction of sp³-hybridized carbons (Fsp3) is 0.158. The molecule has 5 nitrogen and oxygen atoms in total. The van der Waals surface area contributed by atoms with Gasteiger partial charge in [-0.2, -0.15) is 0 Å². The zero-order valence-electron chi connectivity index (χ0n) is 13.6. The van der Waals surface area contributed by atoms with Crippen LogP contribution >= 0.6 is 11.6 Å². The lowest BCUT2D eigenvalue weighted by Crippen LogP contribution is -2.10. The average molecular weight is 357 g/mol. The summed E-state index contributed by atoms with van der Waals surface area (Å²) in [6.45, 7) is 0.491. The summed E-state index contributed by atoms with van der Waals surface area (Å²) in [6, 6.07) is 17.2. The standard InChI is InChI=1S/C19H17ClN2O3/c1-25-15-9-7-14(8-10-15)19-21-18(20)16(11-17(23)24)22(19)12-13-5-3-2-4-6-13/h2-10H,11-12H2,1H3,(H,23,24). The lowest BCUT2D eigenvalue weighted by molar-refractivity contribution is -0.136. The molecule has 0 aliphatic carbocycles. The molecule has 2 aromatic carbocycles. The number of ether oxygens (including phenoxy) is 1. The molecule has 0 spiro atoms. The topological polar surface area (TPSA) is 64.3 Å². The van der Waals surface area contributed by atoms with Gasteiger partial charge in [-0.05, 0) is 29.8 Å². The molecule has 0 unspecified atom stereocenters. The second-order valence-corrected chi connectivity index (χ2v) is 5.90. The van der Waals surface area contributed by atoms with Gasteiger partial charge in [0.2, 0.25) is 0 Å². The van der Waals surface area contributed by atoms with Gasteiger partial charge in [-0.25, -0.2) is 4.98 Å². The molecule has 1 aromatic heterocycles. The van der Waals surface area contributed by atoms with Gasteiger partial charge in [0, 0.05) is 12.1 Å². The molecule has 0 aliphatic rings. The molecular weight excluding hydrogens is 340 g/mol. The number of carboxylic acids is 1. The normalized spacial score (nSPS) is 10.6. The van der Waals surface area contributed by atoms with E-state index in [1.807, 2.05) is 59.2 Å². The smallest absolute Gasteiger partial charge is 0.309 e. The molecule has 0 aliphatic heterocycles. The number of methoxy groups -OCH3 is 1. The lowest BCUT2D eigenvalue weighted by Gasteiger charge is -2.12. The molecule has 0 radical (unpaired) electrons. The second kappa shape index (κ2) is 7.40. The molecule has 0 saturated heterocycles. The van der Waals surface area contributed by atoms with E-state index in [0.29, 0.717) is 18.1 Å². The summed E-state index contributed by atoms with van der Waals surface area (Å²) in [4.78, 5) is 15.6. The predicted octanol–water partition coefficient (Wildman–Crippen LogP) is 3.89. The van der Waals surface area contributed by atoms with Gasteiger partial charge >= 0.3 is 5.97 Å². The molecule has 0 atom stereocenters. The van der Waals surface area contributed by atoms with Gasteiger partial charge in [-0.3, -0.25) is 4.79 Å². The minimum absolute atomic E-state index is 0.186. The van der Waals surface area contributed by atoms with Crippen LogP contribution in [0.15, 0.2) is 54.6 Å². The quantitative estimate of drug-likeness (QED) is 0.727. The summed E-state index contributed by atoms with van der Waals surface area (Å²) >= 11 is 6.25. The number of nitrogens with zero attached hydrogens (tertiary/aromatic N) is 2. The SMILES string of the molecule is COc1ccc(-c2nc(Cl)c(CC(=O)O)n2Cc2ccccc2)cc1. The lowest BCUT2D eigenvalue weighted by atomic mass is 10.1. The third-order valence-corrected chi connectivity index (χ3v) is 4.18. The molecule has 6 heteroatoms. The van der Waals surface area contributed by atoms with E-state index in [4.69, 9.17) is 16.3 Å². The molecule has 1 heterocycles. The Kier molecular flexibility index (Phi) is 5.05. The third-order valence-electron chi connectivity index (χ3n) is 3.87. The minimum atomic E-state index is -0.947. The summed E-state index contributed by atoms with van der Waals surface area (Å²) < 4.78 is 7.04. The number of halogens is 1. The highest BCUT2D eigenvalue weighted by atomic mass is 35.5. The van der Waals surface area contributed by atoms with Crippen molar-refractivity contribution in [2.75, 3.05) is 7.11 Å². The van der Waals surface area contributed by atoms with Crippen molar-refractivity contribution < 1.29 is 14.6 Å². The van der Waals surface area contributed by atoms with Crippen molar-refractivity contribution in [1.82, 2.24) is 9.55 Å². The minimum Gasteiger partial charge on any atom is -0.497 e. The Labute approximate surface area is 150 Å². The van der Waals surface area contributed by atoms with E-state index in [1.54, 1.807) is 7.11 Å². The maximum absolute atomic E-state index is 11.2. The van der Waals surface area contributed by atoms with E-state index in [-0.39, 0.29) is 11.6 Å². The van der Waals surface area contributed by atoms with E-state index < -0.39 is 5.97 Å². The maximum Gasteiger partial charge on any atom is 0.309 e. The van der Waals surface area contributed by atoms with Crippen LogP contribution in [0.4, 0.5) is 0 Å². The fourth-order valence-electron chi connectivity index (χ4n) is 2.67. The fourth-order valence-corrected chi connectivity index (χ4v) is 2.91. The van der Waals surface area contributed by atoms with Crippen molar-refractivity contribution in [3.05, 3.63) is 71.0 Å². The highest BCUT2D eigenvalue weighted by Gasteiger charge is 2.19. The second-order valence-electron chi connectivity index (χ2n) is 5.54. The first-order valence-corrected chi connectivity index (χ1v) is 8.11. The van der Waals surface area contributed by atoms with Gasteiger partial charge < -0.3 is 14.4 Å². The van der Waals surface area contributed by atoms with Gasteiger partial charge in [-0.1, -0.05) is 41.9 Å². The first-order chi connectivity index (χ1) is 12.1. The van der Waals surface area contributed by atoms with Crippen LogP contribution in [0.3, 0.4) is 0 Å². The Balaban J connectivity index is 2.08. The Morgan fingerprint density at radius 3 is 2.44 bits per heavy atom. The third kappa shape index (κ3) is 3.83. The first-order valence-electron chi connectivity index (χ1n) is 7.73. The highest BCUT2D eigenvalue weighted by Crippen LogP contribution is 2.28. The molecule has 0 fully saturated rings. The van der Waals surface area contributed by atoms with Crippen LogP contribution in [0, 0.1) is 0 Å². The first kappa shape index (κ1) is 17.0. The molecule has 3 aromatic rings. The van der Waals surface area contributed by atoms with Crippen LogP contribution in [0.5, 0.6) is 5.75 Å². The van der Waals surface area contributed by atoms with E-state index >= 15 is 0 Å². The molecule has 0 saturated carbocycles. The van der Waals surface area contributed by atoms with E-state index in [1.165, 1.54) is 0 Å². The zero-order chi connectivity index (χ0) is 17.8. The summed E-state index contributed by atoms with van der Waals surface area (Å²) in [7, 11) is 1.60. The van der Waals surface area contributed by atoms with Crippen LogP contribution in [-0.4, -0.2) is 27.7 Å². The van der Waals surface area contributed by atoms with Crippen molar-refractivity contribution >= 4 is 17.6 Å². The van der Waals surface area contributed by atoms with Gasteiger partial charge in [0.25, 0.3) is 0 Å². The molecule has 0 amide bonds. The average Bonchev–Trinajstić information content (AvgIpc) is 2.91. The molecular formula is C19H17ClN2O3. The Morgan fingerprint density at radius 2 is 1.84 bits per heavy atom. The van der Waals surface area contributed by atoms with Crippen LogP contribution in [0.25, 0.3) is 11.4 Å². The van der Waals surface area contributed by atoms with Crippen molar-refractivity contribution in [3.8, 4) is 17.1 Å². The Morgan fingerprint density at radius 1 is 1.16 bits per heavy atom. The molecule has 3 rings (SSSR count). The van der Waals surface area contributed by atoms with Gasteiger partial charge in [-0.15, -0.1) is 0 Å². The van der Waals surface area contributed by atoms with Gasteiger partial charge in [0.1, 0.15) is 11.6 Å². The van der Waals surface area contributed by atoms with E-state index in [0.717, 1.165) is 16.9 Å². The van der Waals surface area contributed by atoms with Crippen molar-refractivity contribution in [1.29, 1.82) is 0 Å². The summed E-state index contributed by atoms with van der Waals surface area (Å²) in [5.41, 5.74) is 2.37. The van der Waals surface area contributed by atoms with Crippen LogP contribution in [0.2, 0.25) is 5.15 Å². The number of imidazole rings is 1. The largest absolute Gasteiger partial charge is 0.497 e. The van der Waals surface area contributed by atoms with Crippen LogP contribution < -0.4 is 4.74 Å². The number of aromatic nitrogens is 2. The van der Waals surface area contributed by atoms with Gasteiger partial charge in [0.15, 0.2) is 5.15 Å². The predicted molar refractivity (Wildman–Crippen MR) is 96.1 cm³/mol. The van der Waals surface area contributed by atoms with Crippen molar-refractivity contribution in [2.45, 2.75) is 13.0 Å². The molecule has 0 bridgehead atoms. The highest BCUT2D eigenvalue weighted by molar-refractivity contribution is 6.30.